The van der Waals surface area contributed by atoms with E-state index in [1.165, 1.54) is 25.7 Å². The molecule has 0 aromatic heterocycles. The molecule has 0 spiro atoms. The average Bonchev–Trinajstić information content (AvgIpc) is 2.67. The van der Waals surface area contributed by atoms with E-state index in [2.05, 4.69) is 5.32 Å². The molecule has 104 valence electrons. The minimum absolute atomic E-state index is 0.0669. The molecule has 0 radical (unpaired) electrons. The molecular formula is C16H24N2O. The summed E-state index contributed by atoms with van der Waals surface area (Å²) in [6.07, 6.45) is 7.35. The van der Waals surface area contributed by atoms with E-state index in [0.717, 1.165) is 24.1 Å². The summed E-state index contributed by atoms with van der Waals surface area (Å²) in [5.74, 6) is 0.0669. The highest BCUT2D eigenvalue weighted by atomic mass is 16.1. The van der Waals surface area contributed by atoms with Gasteiger partial charge in [-0.15, -0.1) is 0 Å². The topological polar surface area (TPSA) is 32.3 Å². The van der Waals surface area contributed by atoms with Crippen LogP contribution < -0.4 is 10.2 Å². The molecule has 1 aliphatic carbocycles. The Morgan fingerprint density at radius 3 is 2.16 bits per heavy atom. The van der Waals surface area contributed by atoms with E-state index in [9.17, 15) is 4.79 Å². The lowest BCUT2D eigenvalue weighted by Gasteiger charge is -2.17. The van der Waals surface area contributed by atoms with Crippen LogP contribution in [-0.4, -0.2) is 26.0 Å². The summed E-state index contributed by atoms with van der Waals surface area (Å²) in [6, 6.07) is 8.15. The zero-order chi connectivity index (χ0) is 13.7. The molecule has 3 heteroatoms. The number of rotatable bonds is 3. The van der Waals surface area contributed by atoms with Crippen LogP contribution in [0.3, 0.4) is 0 Å². The van der Waals surface area contributed by atoms with Crippen molar-refractivity contribution in [2.45, 2.75) is 44.6 Å². The summed E-state index contributed by atoms with van der Waals surface area (Å²) in [5, 5.41) is 3.17. The maximum Gasteiger partial charge on any atom is 0.251 e. The summed E-state index contributed by atoms with van der Waals surface area (Å²) in [5.41, 5.74) is 1.88. The van der Waals surface area contributed by atoms with Crippen molar-refractivity contribution in [1.82, 2.24) is 5.32 Å². The Labute approximate surface area is 116 Å². The van der Waals surface area contributed by atoms with Gasteiger partial charge in [-0.1, -0.05) is 25.7 Å². The summed E-state index contributed by atoms with van der Waals surface area (Å²) in [4.78, 5) is 14.2. The van der Waals surface area contributed by atoms with E-state index >= 15 is 0 Å². The fraction of sp³-hybridized carbons (Fsp3) is 0.562. The molecule has 1 amide bonds. The zero-order valence-electron chi connectivity index (χ0n) is 12.0. The van der Waals surface area contributed by atoms with Gasteiger partial charge in [0.15, 0.2) is 0 Å². The molecule has 0 heterocycles. The lowest BCUT2D eigenvalue weighted by molar-refractivity contribution is 0.0933. The van der Waals surface area contributed by atoms with Gasteiger partial charge < -0.3 is 10.2 Å². The van der Waals surface area contributed by atoms with Crippen LogP contribution >= 0.6 is 0 Å². The Kier molecular flexibility index (Phi) is 4.83. The summed E-state index contributed by atoms with van der Waals surface area (Å²) >= 11 is 0. The largest absolute Gasteiger partial charge is 0.378 e. The van der Waals surface area contributed by atoms with Crippen molar-refractivity contribution in [3.63, 3.8) is 0 Å². The van der Waals surface area contributed by atoms with Crippen LogP contribution in [0.5, 0.6) is 0 Å². The van der Waals surface area contributed by atoms with E-state index in [1.807, 2.05) is 43.3 Å². The average molecular weight is 260 g/mol. The number of carbonyl (C=O) groups excluding carboxylic acids is 1. The smallest absolute Gasteiger partial charge is 0.251 e. The highest BCUT2D eigenvalue weighted by Gasteiger charge is 2.15. The number of anilines is 1. The molecule has 0 unspecified atom stereocenters. The molecule has 2 rings (SSSR count). The molecule has 1 saturated carbocycles. The number of benzene rings is 1. The van der Waals surface area contributed by atoms with Crippen molar-refractivity contribution in [3.05, 3.63) is 29.8 Å². The Balaban J connectivity index is 1.95. The Morgan fingerprint density at radius 1 is 1.05 bits per heavy atom. The molecule has 1 fully saturated rings. The third-order valence-electron chi connectivity index (χ3n) is 3.84. The first-order valence-electron chi connectivity index (χ1n) is 7.25. The van der Waals surface area contributed by atoms with E-state index in [1.54, 1.807) is 0 Å². The van der Waals surface area contributed by atoms with E-state index in [0.29, 0.717) is 6.04 Å². The van der Waals surface area contributed by atoms with Gasteiger partial charge in [0.1, 0.15) is 0 Å². The predicted octanol–water partition coefficient (Wildman–Crippen LogP) is 3.21. The molecule has 0 aliphatic heterocycles. The lowest BCUT2D eigenvalue weighted by Crippen LogP contribution is -2.34. The van der Waals surface area contributed by atoms with Crippen LogP contribution in [0.4, 0.5) is 5.69 Å². The monoisotopic (exact) mass is 260 g/mol. The quantitative estimate of drug-likeness (QED) is 0.846. The van der Waals surface area contributed by atoms with Crippen LogP contribution in [0.1, 0.15) is 48.9 Å². The van der Waals surface area contributed by atoms with Crippen molar-refractivity contribution in [2.24, 2.45) is 0 Å². The first-order valence-corrected chi connectivity index (χ1v) is 7.25. The number of nitrogens with one attached hydrogen (secondary N) is 1. The fourth-order valence-electron chi connectivity index (χ4n) is 2.60. The second kappa shape index (κ2) is 6.60. The molecule has 3 nitrogen and oxygen atoms in total. The molecule has 0 saturated heterocycles. The SMILES string of the molecule is CN(C)c1ccc(C(=O)NC2CCCCCC2)cc1. The highest BCUT2D eigenvalue weighted by Crippen LogP contribution is 2.18. The van der Waals surface area contributed by atoms with Crippen LogP contribution in [0.25, 0.3) is 0 Å². The molecule has 0 atom stereocenters. The first-order chi connectivity index (χ1) is 9.16. The summed E-state index contributed by atoms with van der Waals surface area (Å²) in [7, 11) is 4.00. The normalized spacial score (nSPS) is 16.7. The Bertz CT molecular complexity index is 403. The minimum atomic E-state index is 0.0669. The number of carbonyl (C=O) groups is 1. The van der Waals surface area contributed by atoms with Crippen LogP contribution in [0, 0.1) is 0 Å². The predicted molar refractivity (Wildman–Crippen MR) is 79.7 cm³/mol. The molecule has 0 bridgehead atoms. The number of nitrogens with zero attached hydrogens (tertiary/aromatic N) is 1. The van der Waals surface area contributed by atoms with Gasteiger partial charge in [-0.2, -0.15) is 0 Å². The van der Waals surface area contributed by atoms with Gasteiger partial charge >= 0.3 is 0 Å². The first kappa shape index (κ1) is 13.9. The third-order valence-corrected chi connectivity index (χ3v) is 3.84. The van der Waals surface area contributed by atoms with Crippen molar-refractivity contribution in [2.75, 3.05) is 19.0 Å². The van der Waals surface area contributed by atoms with Gasteiger partial charge in [-0.3, -0.25) is 4.79 Å². The van der Waals surface area contributed by atoms with Crippen molar-refractivity contribution in [1.29, 1.82) is 0 Å². The highest BCUT2D eigenvalue weighted by molar-refractivity contribution is 5.94. The van der Waals surface area contributed by atoms with Crippen molar-refractivity contribution >= 4 is 11.6 Å². The maximum absolute atomic E-state index is 12.2. The minimum Gasteiger partial charge on any atom is -0.378 e. The molecule has 1 N–H and O–H groups in total. The summed E-state index contributed by atoms with van der Waals surface area (Å²) in [6.45, 7) is 0. The summed E-state index contributed by atoms with van der Waals surface area (Å²) < 4.78 is 0. The molecule has 1 aromatic carbocycles. The van der Waals surface area contributed by atoms with Gasteiger partial charge in [-0.05, 0) is 37.1 Å². The van der Waals surface area contributed by atoms with Gasteiger partial charge in [-0.25, -0.2) is 0 Å². The van der Waals surface area contributed by atoms with Crippen LogP contribution in [-0.2, 0) is 0 Å². The molecule has 1 aliphatic rings. The number of amides is 1. The number of hydrogen-bond acceptors (Lipinski definition) is 2. The zero-order valence-corrected chi connectivity index (χ0v) is 12.0. The van der Waals surface area contributed by atoms with Crippen LogP contribution in [0.15, 0.2) is 24.3 Å². The number of hydrogen-bond donors (Lipinski definition) is 1. The van der Waals surface area contributed by atoms with Gasteiger partial charge in [0.05, 0.1) is 0 Å². The van der Waals surface area contributed by atoms with E-state index in [-0.39, 0.29) is 5.91 Å². The standard InChI is InChI=1S/C16H24N2O/c1-18(2)15-11-9-13(10-12-15)16(19)17-14-7-5-3-4-6-8-14/h9-12,14H,3-8H2,1-2H3,(H,17,19). The maximum atomic E-state index is 12.2. The van der Waals surface area contributed by atoms with Crippen LogP contribution in [0.2, 0.25) is 0 Å². The Morgan fingerprint density at radius 2 is 1.63 bits per heavy atom. The second-order valence-corrected chi connectivity index (χ2v) is 5.60. The van der Waals surface area contributed by atoms with Crippen molar-refractivity contribution in [3.8, 4) is 0 Å². The molecule has 19 heavy (non-hydrogen) atoms. The van der Waals surface area contributed by atoms with E-state index < -0.39 is 0 Å². The molecular weight excluding hydrogens is 236 g/mol. The third kappa shape index (κ3) is 3.98. The Hall–Kier alpha value is -1.51. The van der Waals surface area contributed by atoms with E-state index in [4.69, 9.17) is 0 Å². The van der Waals surface area contributed by atoms with Crippen molar-refractivity contribution < 1.29 is 4.79 Å². The van der Waals surface area contributed by atoms with Gasteiger partial charge in [0, 0.05) is 31.4 Å². The van der Waals surface area contributed by atoms with Gasteiger partial charge in [0.2, 0.25) is 0 Å². The molecule has 1 aromatic rings. The van der Waals surface area contributed by atoms with Gasteiger partial charge in [0.25, 0.3) is 5.91 Å². The lowest BCUT2D eigenvalue weighted by atomic mass is 10.1. The second-order valence-electron chi connectivity index (χ2n) is 5.60. The fourth-order valence-corrected chi connectivity index (χ4v) is 2.60.